The van der Waals surface area contributed by atoms with Crippen molar-refractivity contribution in [2.75, 3.05) is 0 Å². The van der Waals surface area contributed by atoms with Crippen LogP contribution < -0.4 is 5.43 Å². The van der Waals surface area contributed by atoms with Crippen molar-refractivity contribution in [2.45, 2.75) is 0 Å². The van der Waals surface area contributed by atoms with E-state index in [1.54, 1.807) is 36.4 Å². The molecule has 3 rings (SSSR count). The first-order chi connectivity index (χ1) is 10.8. The minimum atomic E-state index is -4.67. The summed E-state index contributed by atoms with van der Waals surface area (Å²) < 4.78 is 37.2. The Kier molecular flexibility index (Phi) is 4.80. The molecule has 2 aromatic carbocycles. The molecule has 0 unspecified atom stereocenters. The Morgan fingerprint density at radius 1 is 0.870 bits per heavy atom. The Hall–Kier alpha value is -2.68. The average Bonchev–Trinajstić information content (AvgIpc) is 2.50. The zero-order valence-corrected chi connectivity index (χ0v) is 12.4. The van der Waals surface area contributed by atoms with Gasteiger partial charge in [0, 0.05) is 5.56 Å². The molecular formula is C15H12O7S. The number of hydrogen-bond donors (Lipinski definition) is 3. The van der Waals surface area contributed by atoms with Gasteiger partial charge in [-0.15, -0.1) is 0 Å². The van der Waals surface area contributed by atoms with Gasteiger partial charge in [0.25, 0.3) is 0 Å². The average molecular weight is 336 g/mol. The van der Waals surface area contributed by atoms with Gasteiger partial charge in [-0.3, -0.25) is 13.9 Å². The van der Waals surface area contributed by atoms with Gasteiger partial charge in [0.15, 0.2) is 5.76 Å². The second-order valence-corrected chi connectivity index (χ2v) is 5.31. The van der Waals surface area contributed by atoms with Crippen LogP contribution in [-0.4, -0.2) is 22.6 Å². The van der Waals surface area contributed by atoms with E-state index in [9.17, 15) is 9.90 Å². The van der Waals surface area contributed by atoms with Crippen LogP contribution in [0.5, 0.6) is 5.75 Å². The van der Waals surface area contributed by atoms with E-state index >= 15 is 0 Å². The Morgan fingerprint density at radius 3 is 2.00 bits per heavy atom. The highest BCUT2D eigenvalue weighted by molar-refractivity contribution is 7.79. The quantitative estimate of drug-likeness (QED) is 0.583. The number of para-hydroxylation sites is 1. The molecule has 0 atom stereocenters. The van der Waals surface area contributed by atoms with Gasteiger partial charge in [-0.25, -0.2) is 0 Å². The molecule has 1 aromatic heterocycles. The monoisotopic (exact) mass is 336 g/mol. The molecule has 3 aromatic rings. The number of rotatable bonds is 1. The molecule has 0 bridgehead atoms. The molecule has 0 fully saturated rings. The van der Waals surface area contributed by atoms with E-state index in [1.807, 2.05) is 18.2 Å². The highest BCUT2D eigenvalue weighted by Crippen LogP contribution is 2.29. The predicted molar refractivity (Wildman–Crippen MR) is 83.8 cm³/mol. The van der Waals surface area contributed by atoms with E-state index in [0.717, 1.165) is 0 Å². The zero-order chi connectivity index (χ0) is 17.0. The zero-order valence-electron chi connectivity index (χ0n) is 11.6. The van der Waals surface area contributed by atoms with Gasteiger partial charge in [-0.2, -0.15) is 8.42 Å². The molecule has 0 saturated heterocycles. The van der Waals surface area contributed by atoms with Crippen LogP contribution in [0.3, 0.4) is 0 Å². The third kappa shape index (κ3) is 4.39. The molecule has 1 heterocycles. The molecule has 0 aliphatic heterocycles. The maximum Gasteiger partial charge on any atom is 0.394 e. The lowest BCUT2D eigenvalue weighted by atomic mass is 10.1. The molecule has 0 aliphatic rings. The first-order valence-electron chi connectivity index (χ1n) is 6.27. The minimum Gasteiger partial charge on any atom is -0.502 e. The number of hydrogen-bond acceptors (Lipinski definition) is 5. The molecule has 0 aliphatic carbocycles. The van der Waals surface area contributed by atoms with Crippen molar-refractivity contribution in [3.8, 4) is 17.1 Å². The molecule has 0 radical (unpaired) electrons. The van der Waals surface area contributed by atoms with E-state index in [0.29, 0.717) is 16.5 Å². The minimum absolute atomic E-state index is 0.208. The first kappa shape index (κ1) is 16.7. The second-order valence-electron chi connectivity index (χ2n) is 4.42. The van der Waals surface area contributed by atoms with E-state index in [-0.39, 0.29) is 11.5 Å². The van der Waals surface area contributed by atoms with Crippen molar-refractivity contribution in [3.05, 3.63) is 64.8 Å². The van der Waals surface area contributed by atoms with Gasteiger partial charge in [-0.1, -0.05) is 42.5 Å². The molecule has 3 N–H and O–H groups in total. The molecule has 0 amide bonds. The third-order valence-electron chi connectivity index (χ3n) is 2.81. The maximum atomic E-state index is 12.0. The highest BCUT2D eigenvalue weighted by Gasteiger charge is 2.14. The molecule has 8 heteroatoms. The van der Waals surface area contributed by atoms with Crippen LogP contribution in [0, 0.1) is 0 Å². The molecule has 0 spiro atoms. The van der Waals surface area contributed by atoms with Crippen LogP contribution in [0.25, 0.3) is 22.3 Å². The van der Waals surface area contributed by atoms with Gasteiger partial charge in [0.2, 0.25) is 11.2 Å². The largest absolute Gasteiger partial charge is 0.502 e. The van der Waals surface area contributed by atoms with E-state index in [1.165, 1.54) is 0 Å². The van der Waals surface area contributed by atoms with Crippen molar-refractivity contribution in [1.82, 2.24) is 0 Å². The van der Waals surface area contributed by atoms with Gasteiger partial charge in [0.05, 0.1) is 5.39 Å². The Labute approximate surface area is 131 Å². The van der Waals surface area contributed by atoms with E-state index < -0.39 is 15.8 Å². The van der Waals surface area contributed by atoms with Gasteiger partial charge in [-0.05, 0) is 12.1 Å². The lowest BCUT2D eigenvalue weighted by Gasteiger charge is -2.05. The third-order valence-corrected chi connectivity index (χ3v) is 2.81. The summed E-state index contributed by atoms with van der Waals surface area (Å²) in [5, 5.41) is 10.3. The SMILES string of the molecule is O=S(=O)(O)O.O=c1c(O)c(-c2ccccc2)oc2ccccc12. The van der Waals surface area contributed by atoms with Gasteiger partial charge in [0.1, 0.15) is 5.58 Å². The second kappa shape index (κ2) is 6.61. The standard InChI is InChI=1S/C15H10O3.H2O4S/c16-13-11-8-4-5-9-12(11)18-15(14(13)17)10-6-2-1-3-7-10;1-5(2,3)4/h1-9,17H;(H2,1,2,3,4). The van der Waals surface area contributed by atoms with E-state index in [2.05, 4.69) is 0 Å². The normalized spacial score (nSPS) is 10.9. The summed E-state index contributed by atoms with van der Waals surface area (Å²) in [5.74, 6) is -0.140. The fourth-order valence-corrected chi connectivity index (χ4v) is 1.92. The molecule has 23 heavy (non-hydrogen) atoms. The van der Waals surface area contributed by atoms with Crippen LogP contribution in [0.15, 0.2) is 63.8 Å². The highest BCUT2D eigenvalue weighted by atomic mass is 32.3. The van der Waals surface area contributed by atoms with Crippen molar-refractivity contribution >= 4 is 21.4 Å². The van der Waals surface area contributed by atoms with Crippen molar-refractivity contribution in [3.63, 3.8) is 0 Å². The number of aromatic hydroxyl groups is 1. The van der Waals surface area contributed by atoms with Crippen molar-refractivity contribution in [1.29, 1.82) is 0 Å². The molecule has 7 nitrogen and oxygen atoms in total. The van der Waals surface area contributed by atoms with Crippen LogP contribution in [0.1, 0.15) is 0 Å². The lowest BCUT2D eigenvalue weighted by molar-refractivity contribution is 0.381. The fraction of sp³-hybridized carbons (Fsp3) is 0. The summed E-state index contributed by atoms with van der Waals surface area (Å²) in [7, 11) is -4.67. The lowest BCUT2D eigenvalue weighted by Crippen LogP contribution is -2.02. The van der Waals surface area contributed by atoms with Crippen LogP contribution in [-0.2, 0) is 10.4 Å². The van der Waals surface area contributed by atoms with Crippen LogP contribution in [0.4, 0.5) is 0 Å². The topological polar surface area (TPSA) is 125 Å². The molecular weight excluding hydrogens is 324 g/mol. The summed E-state index contributed by atoms with van der Waals surface area (Å²) in [4.78, 5) is 12.0. The van der Waals surface area contributed by atoms with Crippen LogP contribution in [0.2, 0.25) is 0 Å². The fourth-order valence-electron chi connectivity index (χ4n) is 1.92. The van der Waals surface area contributed by atoms with Gasteiger partial charge < -0.3 is 9.52 Å². The number of benzene rings is 2. The Bertz CT molecular complexity index is 968. The summed E-state index contributed by atoms with van der Waals surface area (Å²) in [6, 6.07) is 15.9. The first-order valence-corrected chi connectivity index (χ1v) is 7.67. The van der Waals surface area contributed by atoms with Crippen molar-refractivity contribution in [2.24, 2.45) is 0 Å². The maximum absolute atomic E-state index is 12.0. The number of fused-ring (bicyclic) bond motifs is 1. The van der Waals surface area contributed by atoms with E-state index in [4.69, 9.17) is 21.9 Å². The van der Waals surface area contributed by atoms with Gasteiger partial charge >= 0.3 is 10.4 Å². The summed E-state index contributed by atoms with van der Waals surface area (Å²) in [5.41, 5.74) is 0.743. The summed E-state index contributed by atoms with van der Waals surface area (Å²) in [6.07, 6.45) is 0. The summed E-state index contributed by atoms with van der Waals surface area (Å²) >= 11 is 0. The molecule has 120 valence electrons. The Balaban J connectivity index is 0.000000338. The molecule has 0 saturated carbocycles. The smallest absolute Gasteiger partial charge is 0.394 e. The summed E-state index contributed by atoms with van der Waals surface area (Å²) in [6.45, 7) is 0. The Morgan fingerprint density at radius 2 is 1.39 bits per heavy atom. The predicted octanol–water partition coefficient (Wildman–Crippen LogP) is 2.51. The van der Waals surface area contributed by atoms with Crippen molar-refractivity contribution < 1.29 is 27.0 Å². The van der Waals surface area contributed by atoms with Crippen LogP contribution >= 0.6 is 0 Å².